The van der Waals surface area contributed by atoms with Crippen molar-refractivity contribution in [2.75, 3.05) is 10.8 Å². The van der Waals surface area contributed by atoms with Crippen molar-refractivity contribution in [1.82, 2.24) is 10.2 Å². The molecule has 11 heteroatoms. The van der Waals surface area contributed by atoms with Gasteiger partial charge < -0.3 is 10.2 Å². The van der Waals surface area contributed by atoms with Gasteiger partial charge in [-0.1, -0.05) is 77.8 Å². The number of hydrogen-bond acceptors (Lipinski definition) is 4. The number of anilines is 1. The molecule has 0 saturated carbocycles. The highest BCUT2D eigenvalue weighted by molar-refractivity contribution is 14.1. The van der Waals surface area contributed by atoms with Crippen LogP contribution in [-0.2, 0) is 32.6 Å². The van der Waals surface area contributed by atoms with Crippen LogP contribution in [0.25, 0.3) is 0 Å². The van der Waals surface area contributed by atoms with Gasteiger partial charge in [0.25, 0.3) is 10.0 Å². The van der Waals surface area contributed by atoms with Crippen LogP contribution in [-0.4, -0.2) is 43.8 Å². The van der Waals surface area contributed by atoms with Gasteiger partial charge >= 0.3 is 0 Å². The zero-order valence-electron chi connectivity index (χ0n) is 24.2. The molecule has 44 heavy (non-hydrogen) atoms. The van der Waals surface area contributed by atoms with E-state index in [-0.39, 0.29) is 29.8 Å². The summed E-state index contributed by atoms with van der Waals surface area (Å²) in [6, 6.07) is 27.9. The van der Waals surface area contributed by atoms with Gasteiger partial charge in [0.05, 0.1) is 10.6 Å². The lowest BCUT2D eigenvalue weighted by Crippen LogP contribution is -2.54. The SMILES string of the molecule is CC(C)NC(=O)C(Cc1ccccc1)N(Cc1ccc(Cl)cc1Cl)C(=O)CN(c1ccc(I)cc1)S(=O)(=O)c1ccccc1. The lowest BCUT2D eigenvalue weighted by molar-refractivity contribution is -0.140. The van der Waals surface area contributed by atoms with Gasteiger partial charge in [-0.15, -0.1) is 0 Å². The van der Waals surface area contributed by atoms with Crippen LogP contribution in [0.1, 0.15) is 25.0 Å². The van der Waals surface area contributed by atoms with Gasteiger partial charge in [-0.2, -0.15) is 0 Å². The quantitative estimate of drug-likeness (QED) is 0.158. The minimum Gasteiger partial charge on any atom is -0.352 e. The fourth-order valence-electron chi connectivity index (χ4n) is 4.62. The van der Waals surface area contributed by atoms with Gasteiger partial charge in [0.15, 0.2) is 0 Å². The Balaban J connectivity index is 1.81. The number of sulfonamides is 1. The summed E-state index contributed by atoms with van der Waals surface area (Å²) < 4.78 is 30.0. The Morgan fingerprint density at radius 2 is 1.48 bits per heavy atom. The summed E-state index contributed by atoms with van der Waals surface area (Å²) in [7, 11) is -4.17. The van der Waals surface area contributed by atoms with Crippen molar-refractivity contribution in [3.63, 3.8) is 0 Å². The number of nitrogens with zero attached hydrogens (tertiary/aromatic N) is 2. The van der Waals surface area contributed by atoms with Crippen molar-refractivity contribution in [3.05, 3.63) is 128 Å². The van der Waals surface area contributed by atoms with Crippen LogP contribution >= 0.6 is 45.8 Å². The van der Waals surface area contributed by atoms with E-state index in [0.29, 0.717) is 21.3 Å². The highest BCUT2D eigenvalue weighted by Gasteiger charge is 2.35. The first-order valence-electron chi connectivity index (χ1n) is 13.9. The zero-order chi connectivity index (χ0) is 31.9. The molecule has 0 aliphatic heterocycles. The van der Waals surface area contributed by atoms with E-state index in [1.54, 1.807) is 60.7 Å². The molecule has 4 aromatic carbocycles. The highest BCUT2D eigenvalue weighted by atomic mass is 127. The van der Waals surface area contributed by atoms with Crippen molar-refractivity contribution in [3.8, 4) is 0 Å². The summed E-state index contributed by atoms with van der Waals surface area (Å²) in [5, 5.41) is 3.68. The second-order valence-electron chi connectivity index (χ2n) is 10.4. The Morgan fingerprint density at radius 3 is 2.07 bits per heavy atom. The van der Waals surface area contributed by atoms with Crippen LogP contribution in [0.15, 0.2) is 108 Å². The van der Waals surface area contributed by atoms with Gasteiger partial charge in [-0.05, 0) is 96.1 Å². The first kappa shape index (κ1) is 33.8. The maximum absolute atomic E-state index is 14.4. The summed E-state index contributed by atoms with van der Waals surface area (Å²) in [5.74, 6) is -0.942. The summed E-state index contributed by atoms with van der Waals surface area (Å²) in [6.45, 7) is 3.07. The van der Waals surface area contributed by atoms with Gasteiger partial charge in [0, 0.05) is 32.6 Å². The summed E-state index contributed by atoms with van der Waals surface area (Å²) in [4.78, 5) is 29.6. The molecule has 0 radical (unpaired) electrons. The molecule has 1 atom stereocenters. The lowest BCUT2D eigenvalue weighted by atomic mass is 10.0. The van der Waals surface area contributed by atoms with Crippen LogP contribution in [0.5, 0.6) is 0 Å². The molecule has 1 unspecified atom stereocenters. The Hall–Kier alpha value is -3.12. The number of rotatable bonds is 12. The first-order chi connectivity index (χ1) is 21.0. The fraction of sp³-hybridized carbons (Fsp3) is 0.212. The van der Waals surface area contributed by atoms with Crippen LogP contribution in [0.2, 0.25) is 10.0 Å². The summed E-state index contributed by atoms with van der Waals surface area (Å²) >= 11 is 14.8. The number of amides is 2. The smallest absolute Gasteiger partial charge is 0.264 e. The molecular weight excluding hydrogens is 732 g/mol. The molecule has 230 valence electrons. The van der Waals surface area contributed by atoms with Crippen molar-refractivity contribution in [2.24, 2.45) is 0 Å². The Kier molecular flexibility index (Phi) is 11.7. The average molecular weight is 765 g/mol. The largest absolute Gasteiger partial charge is 0.352 e. The molecule has 1 N–H and O–H groups in total. The van der Waals surface area contributed by atoms with E-state index < -0.39 is 28.5 Å². The molecule has 4 aromatic rings. The number of carbonyl (C=O) groups excluding carboxylic acids is 2. The number of carbonyl (C=O) groups is 2. The molecule has 0 bridgehead atoms. The Labute approximate surface area is 282 Å². The molecule has 2 amide bonds. The Bertz CT molecular complexity index is 1690. The molecule has 7 nitrogen and oxygen atoms in total. The third kappa shape index (κ3) is 8.74. The first-order valence-corrected chi connectivity index (χ1v) is 17.1. The minimum absolute atomic E-state index is 0.0389. The molecular formula is C33H32Cl2IN3O4S. The fourth-order valence-corrected chi connectivity index (χ4v) is 6.89. The molecule has 0 aromatic heterocycles. The molecule has 4 rings (SSSR count). The van der Waals surface area contributed by atoms with E-state index >= 15 is 0 Å². The predicted octanol–water partition coefficient (Wildman–Crippen LogP) is 6.96. The van der Waals surface area contributed by atoms with Gasteiger partial charge in [0.2, 0.25) is 11.8 Å². The monoisotopic (exact) mass is 763 g/mol. The molecule has 0 aliphatic carbocycles. The van der Waals surface area contributed by atoms with Gasteiger partial charge in [0.1, 0.15) is 12.6 Å². The van der Waals surface area contributed by atoms with Gasteiger partial charge in [-0.25, -0.2) is 8.42 Å². The standard InChI is InChI=1S/C33H32Cl2IN3O4S/c1-23(2)37-33(41)31(19-24-9-5-3-6-10-24)38(21-25-13-14-26(34)20-30(25)35)32(40)22-39(28-17-15-27(36)16-18-28)44(42,43)29-11-7-4-8-12-29/h3-18,20,23,31H,19,21-22H2,1-2H3,(H,37,41). The second kappa shape index (κ2) is 15.2. The average Bonchev–Trinajstić information content (AvgIpc) is 2.99. The number of hydrogen-bond donors (Lipinski definition) is 1. The third-order valence-corrected chi connectivity index (χ3v) is 9.88. The topological polar surface area (TPSA) is 86.8 Å². The Morgan fingerprint density at radius 1 is 0.864 bits per heavy atom. The molecule has 0 saturated heterocycles. The number of halogens is 3. The van der Waals surface area contributed by atoms with Crippen LogP contribution in [0.4, 0.5) is 5.69 Å². The van der Waals surface area contributed by atoms with Crippen molar-refractivity contribution in [2.45, 2.75) is 43.8 Å². The number of nitrogens with one attached hydrogen (secondary N) is 1. The van der Waals surface area contributed by atoms with Crippen molar-refractivity contribution in [1.29, 1.82) is 0 Å². The van der Waals surface area contributed by atoms with E-state index in [9.17, 15) is 18.0 Å². The third-order valence-electron chi connectivity index (χ3n) is 6.78. The molecule has 0 spiro atoms. The second-order valence-corrected chi connectivity index (χ2v) is 14.4. The highest BCUT2D eigenvalue weighted by Crippen LogP contribution is 2.27. The lowest BCUT2D eigenvalue weighted by Gasteiger charge is -2.34. The van der Waals surface area contributed by atoms with Crippen LogP contribution in [0.3, 0.4) is 0 Å². The maximum Gasteiger partial charge on any atom is 0.264 e. The normalized spacial score (nSPS) is 12.0. The van der Waals surface area contributed by atoms with E-state index in [0.717, 1.165) is 13.4 Å². The van der Waals surface area contributed by atoms with Crippen LogP contribution in [0, 0.1) is 3.57 Å². The van der Waals surface area contributed by atoms with Crippen LogP contribution < -0.4 is 9.62 Å². The minimum atomic E-state index is -4.17. The van der Waals surface area contributed by atoms with Gasteiger partial charge in [-0.3, -0.25) is 13.9 Å². The van der Waals surface area contributed by atoms with E-state index in [1.807, 2.05) is 44.2 Å². The van der Waals surface area contributed by atoms with E-state index in [4.69, 9.17) is 23.2 Å². The summed E-state index contributed by atoms with van der Waals surface area (Å²) in [5.41, 5.74) is 1.72. The molecule has 0 aliphatic rings. The van der Waals surface area contributed by atoms with E-state index in [1.165, 1.54) is 17.0 Å². The summed E-state index contributed by atoms with van der Waals surface area (Å²) in [6.07, 6.45) is 0.200. The van der Waals surface area contributed by atoms with Crippen molar-refractivity contribution < 1.29 is 18.0 Å². The van der Waals surface area contributed by atoms with E-state index in [2.05, 4.69) is 27.9 Å². The number of benzene rings is 4. The zero-order valence-corrected chi connectivity index (χ0v) is 28.6. The maximum atomic E-state index is 14.4. The predicted molar refractivity (Wildman–Crippen MR) is 184 cm³/mol. The van der Waals surface area contributed by atoms with Crippen molar-refractivity contribution >= 4 is 73.3 Å². The molecule has 0 heterocycles. The molecule has 0 fully saturated rings.